The van der Waals surface area contributed by atoms with Crippen molar-refractivity contribution in [3.63, 3.8) is 0 Å². The molecule has 4 rings (SSSR count). The number of fused-ring (bicyclic) bond motifs is 5. The largest absolute Gasteiger partial charge is 0.393 e. The first-order valence-corrected chi connectivity index (χ1v) is 9.00. The third kappa shape index (κ3) is 2.14. The number of esters is 2. The lowest BCUT2D eigenvalue weighted by molar-refractivity contribution is -0.158. The molecule has 0 unspecified atom stereocenters. The van der Waals surface area contributed by atoms with Crippen LogP contribution >= 0.6 is 0 Å². The number of hydrogen-bond donors (Lipinski definition) is 1. The Morgan fingerprint density at radius 1 is 1.17 bits per heavy atom. The van der Waals surface area contributed by atoms with Crippen molar-refractivity contribution in [2.24, 2.45) is 11.8 Å². The van der Waals surface area contributed by atoms with Gasteiger partial charge in [0.15, 0.2) is 0 Å². The van der Waals surface area contributed by atoms with Crippen molar-refractivity contribution in [1.82, 2.24) is 4.72 Å². The number of rotatable bonds is 4. The van der Waals surface area contributed by atoms with E-state index in [-0.39, 0.29) is 11.4 Å². The van der Waals surface area contributed by atoms with Crippen LogP contribution in [-0.4, -0.2) is 38.6 Å². The lowest BCUT2D eigenvalue weighted by atomic mass is 9.77. The summed E-state index contributed by atoms with van der Waals surface area (Å²) in [5, 5.41) is 0. The van der Waals surface area contributed by atoms with Crippen LogP contribution in [0.1, 0.15) is 5.56 Å². The molecule has 0 spiro atoms. The summed E-state index contributed by atoms with van der Waals surface area (Å²) in [6.45, 7) is 1.72. The molecule has 3 aliphatic rings. The molecule has 0 saturated carbocycles. The second-order valence-corrected chi connectivity index (χ2v) is 8.04. The van der Waals surface area contributed by atoms with Gasteiger partial charge in [-0.25, -0.2) is 13.1 Å². The second kappa shape index (κ2) is 4.98. The smallest absolute Gasteiger partial charge is 0.320 e. The van der Waals surface area contributed by atoms with Gasteiger partial charge in [-0.15, -0.1) is 0 Å². The molecule has 3 heterocycles. The Morgan fingerprint density at radius 3 is 2.58 bits per heavy atom. The highest BCUT2D eigenvalue weighted by Crippen LogP contribution is 2.50. The van der Waals surface area contributed by atoms with Crippen molar-refractivity contribution in [3.05, 3.63) is 42.0 Å². The number of hydrogen-bond acceptors (Lipinski definition) is 6. The SMILES string of the molecule is Cc1ccc(S(=O)(=O)NC[C@]23C=C[C@H](O2)[C@@H]2C(=O)OC(=O)[C@@H]23)cc1. The molecule has 1 aromatic carbocycles. The van der Waals surface area contributed by atoms with E-state index in [4.69, 9.17) is 4.74 Å². The highest BCUT2D eigenvalue weighted by molar-refractivity contribution is 7.89. The third-order valence-corrected chi connectivity index (χ3v) is 6.18. The van der Waals surface area contributed by atoms with E-state index in [1.165, 1.54) is 12.1 Å². The first-order valence-electron chi connectivity index (χ1n) is 7.51. The predicted molar refractivity (Wildman–Crippen MR) is 81.2 cm³/mol. The number of nitrogens with one attached hydrogen (secondary N) is 1. The van der Waals surface area contributed by atoms with Gasteiger partial charge < -0.3 is 9.47 Å². The van der Waals surface area contributed by atoms with E-state index < -0.39 is 45.5 Å². The number of carbonyl (C=O) groups is 2. The number of cyclic esters (lactones) is 2. The van der Waals surface area contributed by atoms with E-state index in [0.717, 1.165) is 5.56 Å². The van der Waals surface area contributed by atoms with Crippen molar-refractivity contribution < 1.29 is 27.5 Å². The Morgan fingerprint density at radius 2 is 1.88 bits per heavy atom. The molecular weight excluding hydrogens is 334 g/mol. The van der Waals surface area contributed by atoms with Crippen molar-refractivity contribution in [1.29, 1.82) is 0 Å². The average molecular weight is 349 g/mol. The molecule has 1 aromatic rings. The van der Waals surface area contributed by atoms with E-state index >= 15 is 0 Å². The van der Waals surface area contributed by atoms with Gasteiger partial charge in [-0.2, -0.15) is 0 Å². The van der Waals surface area contributed by atoms with Gasteiger partial charge in [0.05, 0.1) is 11.0 Å². The quantitative estimate of drug-likeness (QED) is 0.477. The maximum Gasteiger partial charge on any atom is 0.320 e. The summed E-state index contributed by atoms with van der Waals surface area (Å²) in [4.78, 5) is 23.8. The normalized spacial score (nSPS) is 33.8. The molecular formula is C16H15NO6S. The van der Waals surface area contributed by atoms with Gasteiger partial charge >= 0.3 is 11.9 Å². The minimum absolute atomic E-state index is 0.127. The fourth-order valence-corrected chi connectivity index (χ4v) is 4.60. The molecule has 2 fully saturated rings. The summed E-state index contributed by atoms with van der Waals surface area (Å²) in [6.07, 6.45) is 2.79. The van der Waals surface area contributed by atoms with Gasteiger partial charge in [0, 0.05) is 6.54 Å². The van der Waals surface area contributed by atoms with Crippen LogP contribution in [0.5, 0.6) is 0 Å². The summed E-state index contributed by atoms with van der Waals surface area (Å²) >= 11 is 0. The van der Waals surface area contributed by atoms with Crippen LogP contribution in [0.15, 0.2) is 41.3 Å². The van der Waals surface area contributed by atoms with Gasteiger partial charge in [0.25, 0.3) is 0 Å². The number of aryl methyl sites for hydroxylation is 1. The van der Waals surface area contributed by atoms with Crippen molar-refractivity contribution in [2.45, 2.75) is 23.5 Å². The maximum atomic E-state index is 12.4. The molecule has 3 aliphatic heterocycles. The summed E-state index contributed by atoms with van der Waals surface area (Å²) in [7, 11) is -3.75. The fraction of sp³-hybridized carbons (Fsp3) is 0.375. The number of sulfonamides is 1. The Labute approximate surface area is 138 Å². The van der Waals surface area contributed by atoms with Crippen molar-refractivity contribution in [2.75, 3.05) is 6.54 Å². The van der Waals surface area contributed by atoms with Gasteiger partial charge in [0.2, 0.25) is 10.0 Å². The predicted octanol–water partition coefficient (Wildman–Crippen LogP) is 0.297. The number of ether oxygens (including phenoxy) is 2. The fourth-order valence-electron chi connectivity index (χ4n) is 3.52. The van der Waals surface area contributed by atoms with Crippen LogP contribution in [0.2, 0.25) is 0 Å². The summed E-state index contributed by atoms with van der Waals surface area (Å²) < 4.78 is 37.8. The third-order valence-electron chi connectivity index (χ3n) is 4.76. The minimum atomic E-state index is -3.75. The maximum absolute atomic E-state index is 12.4. The topological polar surface area (TPSA) is 98.8 Å². The first-order chi connectivity index (χ1) is 11.3. The molecule has 7 nitrogen and oxygen atoms in total. The monoisotopic (exact) mass is 349 g/mol. The Hall–Kier alpha value is -2.03. The number of carbonyl (C=O) groups excluding carboxylic acids is 2. The summed E-state index contributed by atoms with van der Waals surface area (Å²) in [5.74, 6) is -2.76. The van der Waals surface area contributed by atoms with Crippen LogP contribution in [0.3, 0.4) is 0 Å². The van der Waals surface area contributed by atoms with Crippen LogP contribution in [-0.2, 0) is 29.1 Å². The lowest BCUT2D eigenvalue weighted by Gasteiger charge is -2.27. The molecule has 0 amide bonds. The van der Waals surface area contributed by atoms with E-state index in [1.807, 2.05) is 6.92 Å². The van der Waals surface area contributed by atoms with E-state index in [0.29, 0.717) is 0 Å². The lowest BCUT2D eigenvalue weighted by Crippen LogP contribution is -2.47. The Kier molecular flexibility index (Phi) is 3.22. The molecule has 0 radical (unpaired) electrons. The van der Waals surface area contributed by atoms with Crippen molar-refractivity contribution in [3.8, 4) is 0 Å². The van der Waals surface area contributed by atoms with Crippen molar-refractivity contribution >= 4 is 22.0 Å². The van der Waals surface area contributed by atoms with Gasteiger partial charge in [-0.1, -0.05) is 29.8 Å². The average Bonchev–Trinajstić information content (AvgIpc) is 3.18. The van der Waals surface area contributed by atoms with Gasteiger partial charge in [-0.3, -0.25) is 9.59 Å². The Balaban J connectivity index is 1.58. The zero-order chi connectivity index (χ0) is 17.1. The van der Waals surface area contributed by atoms with Gasteiger partial charge in [-0.05, 0) is 19.1 Å². The molecule has 4 atom stereocenters. The van der Waals surface area contributed by atoms with Crippen LogP contribution in [0.25, 0.3) is 0 Å². The van der Waals surface area contributed by atoms with Crippen LogP contribution in [0.4, 0.5) is 0 Å². The highest BCUT2D eigenvalue weighted by atomic mass is 32.2. The van der Waals surface area contributed by atoms with Gasteiger partial charge in [0.1, 0.15) is 17.4 Å². The number of benzene rings is 1. The van der Waals surface area contributed by atoms with Crippen LogP contribution in [0, 0.1) is 18.8 Å². The van der Waals surface area contributed by atoms with Crippen LogP contribution < -0.4 is 4.72 Å². The first kappa shape index (κ1) is 15.5. The molecule has 8 heteroatoms. The molecule has 24 heavy (non-hydrogen) atoms. The standard InChI is InChI=1S/C16H15NO6S/c1-9-2-4-10(5-3-9)24(20,21)17-8-16-7-6-11(23-16)12-13(16)15(19)22-14(12)18/h2-7,11-13,17H,8H2,1H3/t11-,12-,13+,16-/m0/s1. The van der Waals surface area contributed by atoms with E-state index in [1.54, 1.807) is 24.3 Å². The second-order valence-electron chi connectivity index (χ2n) is 6.28. The van der Waals surface area contributed by atoms with E-state index in [9.17, 15) is 18.0 Å². The summed E-state index contributed by atoms with van der Waals surface area (Å²) in [6, 6.07) is 6.42. The molecule has 0 aliphatic carbocycles. The molecule has 2 saturated heterocycles. The molecule has 126 valence electrons. The molecule has 1 N–H and O–H groups in total. The molecule has 0 aromatic heterocycles. The summed E-state index contributed by atoms with van der Waals surface area (Å²) in [5.41, 5.74) is -0.223. The van der Waals surface area contributed by atoms with E-state index in [2.05, 4.69) is 9.46 Å². The highest BCUT2D eigenvalue weighted by Gasteiger charge is 2.67. The molecule has 2 bridgehead atoms. The minimum Gasteiger partial charge on any atom is -0.393 e. The Bertz CT molecular complexity index is 859. The zero-order valence-electron chi connectivity index (χ0n) is 12.8. The zero-order valence-corrected chi connectivity index (χ0v) is 13.6.